The van der Waals surface area contributed by atoms with Crippen LogP contribution >= 0.6 is 0 Å². The highest BCUT2D eigenvalue weighted by molar-refractivity contribution is 5.98. The van der Waals surface area contributed by atoms with E-state index in [9.17, 15) is 4.79 Å². The number of aryl methyl sites for hydroxylation is 2. The average Bonchev–Trinajstić information content (AvgIpc) is 2.32. The van der Waals surface area contributed by atoms with E-state index in [0.717, 1.165) is 16.7 Å². The van der Waals surface area contributed by atoms with Crippen LogP contribution in [0.5, 0.6) is 0 Å². The average molecular weight is 236 g/mol. The van der Waals surface area contributed by atoms with Gasteiger partial charge in [0, 0.05) is 12.2 Å². The molecule has 0 saturated carbocycles. The lowest BCUT2D eigenvalue weighted by Gasteiger charge is -2.07. The van der Waals surface area contributed by atoms with Gasteiger partial charge in [-0.2, -0.15) is 0 Å². The molecule has 0 spiro atoms. The molecule has 0 aliphatic rings. The lowest BCUT2D eigenvalue weighted by Crippen LogP contribution is -2.13. The Morgan fingerprint density at radius 3 is 2.59 bits per heavy atom. The smallest absolute Gasteiger partial charge is 0.188 e. The van der Waals surface area contributed by atoms with Crippen molar-refractivity contribution in [3.05, 3.63) is 34.9 Å². The zero-order valence-electron chi connectivity index (χ0n) is 10.8. The van der Waals surface area contributed by atoms with Crippen molar-refractivity contribution in [2.45, 2.75) is 20.8 Å². The fourth-order valence-electron chi connectivity index (χ4n) is 1.54. The summed E-state index contributed by atoms with van der Waals surface area (Å²) in [4.78, 5) is 11.9. The number of carbonyl (C=O) groups is 1. The van der Waals surface area contributed by atoms with E-state index >= 15 is 0 Å². The predicted octanol–water partition coefficient (Wildman–Crippen LogP) is 2.54. The van der Waals surface area contributed by atoms with Crippen LogP contribution in [-0.4, -0.2) is 32.2 Å². The summed E-state index contributed by atoms with van der Waals surface area (Å²) in [5.74, 6) is 0.0303. The maximum absolute atomic E-state index is 11.9. The maximum atomic E-state index is 11.9. The minimum Gasteiger partial charge on any atom is -0.379 e. The first-order valence-corrected chi connectivity index (χ1v) is 5.91. The molecule has 0 N–H and O–H groups in total. The number of ketones is 1. The van der Waals surface area contributed by atoms with Crippen molar-refractivity contribution in [1.82, 2.24) is 0 Å². The molecule has 94 valence electrons. The predicted molar refractivity (Wildman–Crippen MR) is 67.6 cm³/mol. The van der Waals surface area contributed by atoms with E-state index in [1.54, 1.807) is 0 Å². The Labute approximate surface area is 103 Å². The van der Waals surface area contributed by atoms with Crippen LogP contribution in [0.2, 0.25) is 0 Å². The van der Waals surface area contributed by atoms with Crippen LogP contribution in [0.1, 0.15) is 28.4 Å². The minimum atomic E-state index is 0.0303. The number of rotatable bonds is 7. The van der Waals surface area contributed by atoms with Gasteiger partial charge in [-0.05, 0) is 32.4 Å². The Morgan fingerprint density at radius 2 is 1.88 bits per heavy atom. The molecule has 3 nitrogen and oxygen atoms in total. The molecule has 0 aliphatic carbocycles. The van der Waals surface area contributed by atoms with Crippen molar-refractivity contribution in [3.63, 3.8) is 0 Å². The Morgan fingerprint density at radius 1 is 1.18 bits per heavy atom. The molecule has 0 fully saturated rings. The molecular formula is C14H20O3. The van der Waals surface area contributed by atoms with E-state index in [1.165, 1.54) is 0 Å². The summed E-state index contributed by atoms with van der Waals surface area (Å²) in [7, 11) is 0. The summed E-state index contributed by atoms with van der Waals surface area (Å²) < 4.78 is 10.4. The van der Waals surface area contributed by atoms with Crippen molar-refractivity contribution in [1.29, 1.82) is 0 Å². The summed E-state index contributed by atoms with van der Waals surface area (Å²) in [5, 5.41) is 0. The largest absolute Gasteiger partial charge is 0.379 e. The molecule has 0 bridgehead atoms. The number of carbonyl (C=O) groups excluding carboxylic acids is 1. The number of ether oxygens (including phenoxy) is 2. The van der Waals surface area contributed by atoms with E-state index in [2.05, 4.69) is 0 Å². The summed E-state index contributed by atoms with van der Waals surface area (Å²) in [6.07, 6.45) is 0. The highest BCUT2D eigenvalue weighted by Gasteiger charge is 2.09. The van der Waals surface area contributed by atoms with E-state index < -0.39 is 0 Å². The molecule has 0 heterocycles. The van der Waals surface area contributed by atoms with Gasteiger partial charge in [0.15, 0.2) is 5.78 Å². The van der Waals surface area contributed by atoms with Crippen molar-refractivity contribution < 1.29 is 14.3 Å². The van der Waals surface area contributed by atoms with Crippen LogP contribution in [-0.2, 0) is 9.47 Å². The fourth-order valence-corrected chi connectivity index (χ4v) is 1.54. The number of hydrogen-bond acceptors (Lipinski definition) is 3. The van der Waals surface area contributed by atoms with Gasteiger partial charge in [0.2, 0.25) is 0 Å². The minimum absolute atomic E-state index is 0.0303. The molecule has 0 aromatic heterocycles. The molecule has 0 aliphatic heterocycles. The summed E-state index contributed by atoms with van der Waals surface area (Å²) in [6.45, 7) is 7.65. The standard InChI is InChI=1S/C14H20O3/c1-4-16-7-8-17-10-14(15)13-9-11(2)5-6-12(13)3/h5-6,9H,4,7-8,10H2,1-3H3. The van der Waals surface area contributed by atoms with Crippen LogP contribution in [0.15, 0.2) is 18.2 Å². The second kappa shape index (κ2) is 7.20. The molecular weight excluding hydrogens is 216 g/mol. The van der Waals surface area contributed by atoms with Crippen molar-refractivity contribution in [2.24, 2.45) is 0 Å². The summed E-state index contributed by atoms with van der Waals surface area (Å²) >= 11 is 0. The zero-order valence-corrected chi connectivity index (χ0v) is 10.8. The third kappa shape index (κ3) is 4.67. The van der Waals surface area contributed by atoms with Gasteiger partial charge in [0.05, 0.1) is 13.2 Å². The molecule has 1 aromatic carbocycles. The SMILES string of the molecule is CCOCCOCC(=O)c1cc(C)ccc1C. The van der Waals surface area contributed by atoms with Gasteiger partial charge in [0.1, 0.15) is 6.61 Å². The van der Waals surface area contributed by atoms with Gasteiger partial charge in [-0.1, -0.05) is 17.7 Å². The Kier molecular flexibility index (Phi) is 5.87. The fraction of sp³-hybridized carbons (Fsp3) is 0.500. The van der Waals surface area contributed by atoms with Gasteiger partial charge in [-0.3, -0.25) is 4.79 Å². The van der Waals surface area contributed by atoms with Gasteiger partial charge in [-0.25, -0.2) is 0 Å². The van der Waals surface area contributed by atoms with Crippen molar-refractivity contribution >= 4 is 5.78 Å². The lowest BCUT2D eigenvalue weighted by atomic mass is 10.0. The first-order valence-electron chi connectivity index (χ1n) is 5.91. The highest BCUT2D eigenvalue weighted by Crippen LogP contribution is 2.11. The molecule has 3 heteroatoms. The molecule has 0 saturated heterocycles. The second-order valence-corrected chi connectivity index (χ2v) is 3.99. The van der Waals surface area contributed by atoms with E-state index in [0.29, 0.717) is 19.8 Å². The van der Waals surface area contributed by atoms with Crippen molar-refractivity contribution in [3.8, 4) is 0 Å². The van der Waals surface area contributed by atoms with Gasteiger partial charge in [0.25, 0.3) is 0 Å². The van der Waals surface area contributed by atoms with Gasteiger partial charge in [-0.15, -0.1) is 0 Å². The normalized spacial score (nSPS) is 10.5. The van der Waals surface area contributed by atoms with Crippen LogP contribution < -0.4 is 0 Å². The van der Waals surface area contributed by atoms with E-state index in [-0.39, 0.29) is 12.4 Å². The van der Waals surface area contributed by atoms with Crippen molar-refractivity contribution in [2.75, 3.05) is 26.4 Å². The second-order valence-electron chi connectivity index (χ2n) is 3.99. The van der Waals surface area contributed by atoms with Gasteiger partial charge < -0.3 is 9.47 Å². The van der Waals surface area contributed by atoms with E-state index in [1.807, 2.05) is 39.0 Å². The van der Waals surface area contributed by atoms with Crippen LogP contribution in [0.3, 0.4) is 0 Å². The third-order valence-corrected chi connectivity index (χ3v) is 2.50. The lowest BCUT2D eigenvalue weighted by molar-refractivity contribution is 0.0474. The Balaban J connectivity index is 2.44. The molecule has 0 radical (unpaired) electrons. The summed E-state index contributed by atoms with van der Waals surface area (Å²) in [6, 6.07) is 5.87. The summed E-state index contributed by atoms with van der Waals surface area (Å²) in [5.41, 5.74) is 2.84. The monoisotopic (exact) mass is 236 g/mol. The Hall–Kier alpha value is -1.19. The molecule has 17 heavy (non-hydrogen) atoms. The number of hydrogen-bond donors (Lipinski definition) is 0. The third-order valence-electron chi connectivity index (χ3n) is 2.50. The maximum Gasteiger partial charge on any atom is 0.188 e. The quantitative estimate of drug-likeness (QED) is 0.539. The molecule has 0 amide bonds. The van der Waals surface area contributed by atoms with E-state index in [4.69, 9.17) is 9.47 Å². The molecule has 1 rings (SSSR count). The van der Waals surface area contributed by atoms with Crippen LogP contribution in [0.25, 0.3) is 0 Å². The zero-order chi connectivity index (χ0) is 12.7. The Bertz CT molecular complexity index is 372. The molecule has 0 unspecified atom stereocenters. The first kappa shape index (κ1) is 13.9. The number of Topliss-reactive ketones (excluding diaryl/α,β-unsaturated/α-hetero) is 1. The van der Waals surface area contributed by atoms with Gasteiger partial charge >= 0.3 is 0 Å². The first-order chi connectivity index (χ1) is 8.15. The molecule has 0 atom stereocenters. The molecule has 1 aromatic rings. The topological polar surface area (TPSA) is 35.5 Å². The van der Waals surface area contributed by atoms with Crippen LogP contribution in [0.4, 0.5) is 0 Å². The number of benzene rings is 1. The van der Waals surface area contributed by atoms with Crippen LogP contribution in [0, 0.1) is 13.8 Å². The highest BCUT2D eigenvalue weighted by atomic mass is 16.5.